The number of alkyl halides is 3. The highest BCUT2D eigenvalue weighted by atomic mass is 32.2. The summed E-state index contributed by atoms with van der Waals surface area (Å²) >= 11 is 2.38. The SMILES string of the molecule is CC(Sc1nnc(C(F)(F)F)n1N)c1nnc(-c2cccs2)o1. The number of nitrogen functional groups attached to an aromatic ring is 1. The highest BCUT2D eigenvalue weighted by Gasteiger charge is 2.38. The van der Waals surface area contributed by atoms with Crippen LogP contribution in [0.5, 0.6) is 0 Å². The maximum atomic E-state index is 12.6. The van der Waals surface area contributed by atoms with Crippen LogP contribution in [0.15, 0.2) is 27.1 Å². The number of nitrogens with zero attached hydrogens (tertiary/aromatic N) is 5. The normalized spacial score (nSPS) is 13.4. The fourth-order valence-electron chi connectivity index (χ4n) is 1.66. The Morgan fingerprint density at radius 3 is 2.70 bits per heavy atom. The molecule has 23 heavy (non-hydrogen) atoms. The Labute approximate surface area is 135 Å². The van der Waals surface area contributed by atoms with Crippen molar-refractivity contribution in [2.24, 2.45) is 0 Å². The monoisotopic (exact) mass is 362 g/mol. The van der Waals surface area contributed by atoms with Crippen molar-refractivity contribution in [3.05, 3.63) is 29.2 Å². The molecule has 0 fully saturated rings. The molecule has 0 aliphatic carbocycles. The minimum atomic E-state index is -4.67. The smallest absolute Gasteiger partial charge is 0.419 e. The van der Waals surface area contributed by atoms with Crippen LogP contribution < -0.4 is 5.84 Å². The third kappa shape index (κ3) is 3.17. The van der Waals surface area contributed by atoms with Crippen LogP contribution in [0.2, 0.25) is 0 Å². The summed E-state index contributed by atoms with van der Waals surface area (Å²) in [6.45, 7) is 1.69. The zero-order chi connectivity index (χ0) is 16.6. The topological polar surface area (TPSA) is 95.7 Å². The second-order valence-electron chi connectivity index (χ2n) is 4.36. The molecule has 0 aliphatic rings. The van der Waals surface area contributed by atoms with E-state index in [4.69, 9.17) is 10.3 Å². The maximum Gasteiger partial charge on any atom is 0.453 e. The molecule has 1 unspecified atom stereocenters. The minimum Gasteiger partial charge on any atom is -0.419 e. The molecule has 122 valence electrons. The molecular formula is C11H9F3N6OS2. The summed E-state index contributed by atoms with van der Waals surface area (Å²) in [5.74, 6) is 4.73. The summed E-state index contributed by atoms with van der Waals surface area (Å²) in [7, 11) is 0. The molecule has 3 aromatic rings. The predicted molar refractivity (Wildman–Crippen MR) is 77.1 cm³/mol. The Morgan fingerprint density at radius 1 is 1.30 bits per heavy atom. The zero-order valence-electron chi connectivity index (χ0n) is 11.5. The number of rotatable bonds is 4. The van der Waals surface area contributed by atoms with Crippen LogP contribution in [0.25, 0.3) is 10.8 Å². The second kappa shape index (κ2) is 5.85. The molecule has 0 saturated carbocycles. The van der Waals surface area contributed by atoms with Crippen molar-refractivity contribution in [2.45, 2.75) is 23.5 Å². The first kappa shape index (κ1) is 15.8. The van der Waals surface area contributed by atoms with Gasteiger partial charge >= 0.3 is 6.18 Å². The first-order valence-corrected chi connectivity index (χ1v) is 7.94. The third-order valence-electron chi connectivity index (χ3n) is 2.72. The van der Waals surface area contributed by atoms with Gasteiger partial charge in [-0.05, 0) is 18.4 Å². The van der Waals surface area contributed by atoms with Crippen LogP contribution in [0.1, 0.15) is 23.9 Å². The molecule has 3 rings (SSSR count). The summed E-state index contributed by atoms with van der Waals surface area (Å²) in [5, 5.41) is 15.7. The molecule has 0 spiro atoms. The van der Waals surface area contributed by atoms with Gasteiger partial charge in [-0.3, -0.25) is 0 Å². The summed E-state index contributed by atoms with van der Waals surface area (Å²) in [6.07, 6.45) is -4.67. The van der Waals surface area contributed by atoms with Gasteiger partial charge in [-0.2, -0.15) is 13.2 Å². The molecule has 0 aromatic carbocycles. The van der Waals surface area contributed by atoms with Gasteiger partial charge in [-0.1, -0.05) is 17.8 Å². The molecule has 7 nitrogen and oxygen atoms in total. The van der Waals surface area contributed by atoms with E-state index in [2.05, 4.69) is 20.4 Å². The van der Waals surface area contributed by atoms with E-state index in [-0.39, 0.29) is 11.0 Å². The summed E-state index contributed by atoms with van der Waals surface area (Å²) in [6, 6.07) is 3.67. The molecule has 12 heteroatoms. The molecule has 0 bridgehead atoms. The molecular weight excluding hydrogens is 353 g/mol. The summed E-state index contributed by atoms with van der Waals surface area (Å²) in [5.41, 5.74) is 0. The number of thiophene rings is 1. The number of hydrogen-bond acceptors (Lipinski definition) is 8. The third-order valence-corrected chi connectivity index (χ3v) is 4.62. The van der Waals surface area contributed by atoms with Gasteiger partial charge in [0.1, 0.15) is 0 Å². The quantitative estimate of drug-likeness (QED) is 0.563. The standard InChI is InChI=1S/C11H9F3N6OS2/c1-5(7-16-17-8(21-7)6-3-2-4-22-6)23-10-19-18-9(20(10)15)11(12,13)14/h2-5H,15H2,1H3. The van der Waals surface area contributed by atoms with Crippen LogP contribution in [-0.2, 0) is 6.18 Å². The minimum absolute atomic E-state index is 0.0966. The lowest BCUT2D eigenvalue weighted by atomic mass is 10.5. The number of hydrogen-bond donors (Lipinski definition) is 1. The summed E-state index contributed by atoms with van der Waals surface area (Å²) < 4.78 is 43.8. The number of thioether (sulfide) groups is 1. The van der Waals surface area contributed by atoms with Crippen molar-refractivity contribution in [1.29, 1.82) is 0 Å². The zero-order valence-corrected chi connectivity index (χ0v) is 13.1. The average molecular weight is 362 g/mol. The van der Waals surface area contributed by atoms with Gasteiger partial charge in [0.2, 0.25) is 11.0 Å². The molecule has 0 amide bonds. The van der Waals surface area contributed by atoms with Gasteiger partial charge < -0.3 is 10.3 Å². The lowest BCUT2D eigenvalue weighted by Gasteiger charge is -2.07. The Morgan fingerprint density at radius 2 is 2.09 bits per heavy atom. The Hall–Kier alpha value is -2.08. The molecule has 1 atom stereocenters. The van der Waals surface area contributed by atoms with E-state index in [1.807, 2.05) is 17.5 Å². The van der Waals surface area contributed by atoms with Gasteiger partial charge in [0.05, 0.1) is 10.1 Å². The van der Waals surface area contributed by atoms with E-state index >= 15 is 0 Å². The second-order valence-corrected chi connectivity index (χ2v) is 6.61. The Kier molecular flexibility index (Phi) is 4.02. The predicted octanol–water partition coefficient (Wildman–Crippen LogP) is 2.98. The van der Waals surface area contributed by atoms with E-state index < -0.39 is 17.3 Å². The molecule has 3 aromatic heterocycles. The first-order valence-electron chi connectivity index (χ1n) is 6.18. The van der Waals surface area contributed by atoms with E-state index in [1.54, 1.807) is 6.92 Å². The van der Waals surface area contributed by atoms with Gasteiger partial charge in [-0.25, -0.2) is 4.68 Å². The fraction of sp³-hybridized carbons (Fsp3) is 0.273. The molecule has 0 saturated heterocycles. The largest absolute Gasteiger partial charge is 0.453 e. The van der Waals surface area contributed by atoms with E-state index in [1.165, 1.54) is 11.3 Å². The molecule has 0 aliphatic heterocycles. The van der Waals surface area contributed by atoms with Crippen LogP contribution in [-0.4, -0.2) is 25.1 Å². The van der Waals surface area contributed by atoms with E-state index in [9.17, 15) is 13.2 Å². The Bertz CT molecular complexity index is 797. The first-order chi connectivity index (χ1) is 10.9. The Balaban J connectivity index is 1.77. The van der Waals surface area contributed by atoms with Crippen molar-refractivity contribution in [3.8, 4) is 10.8 Å². The lowest BCUT2D eigenvalue weighted by molar-refractivity contribution is -0.146. The number of halogens is 3. The van der Waals surface area contributed by atoms with Crippen LogP contribution in [0.3, 0.4) is 0 Å². The molecule has 2 N–H and O–H groups in total. The fourth-order valence-corrected chi connectivity index (χ4v) is 3.10. The van der Waals surface area contributed by atoms with Crippen molar-refractivity contribution >= 4 is 23.1 Å². The van der Waals surface area contributed by atoms with Crippen molar-refractivity contribution in [3.63, 3.8) is 0 Å². The summed E-state index contributed by atoms with van der Waals surface area (Å²) in [4.78, 5) is 0.808. The highest BCUT2D eigenvalue weighted by Crippen LogP contribution is 2.36. The van der Waals surface area contributed by atoms with Crippen LogP contribution >= 0.6 is 23.1 Å². The van der Waals surface area contributed by atoms with E-state index in [0.717, 1.165) is 16.6 Å². The number of nitrogens with two attached hydrogens (primary N) is 1. The van der Waals surface area contributed by atoms with Gasteiger partial charge in [0, 0.05) is 0 Å². The highest BCUT2D eigenvalue weighted by molar-refractivity contribution is 7.99. The molecule has 0 radical (unpaired) electrons. The van der Waals surface area contributed by atoms with Gasteiger partial charge in [-0.15, -0.1) is 31.7 Å². The van der Waals surface area contributed by atoms with Gasteiger partial charge in [0.25, 0.3) is 11.7 Å². The average Bonchev–Trinajstić information content (AvgIpc) is 3.17. The number of aromatic nitrogens is 5. The van der Waals surface area contributed by atoms with Crippen LogP contribution in [0.4, 0.5) is 13.2 Å². The van der Waals surface area contributed by atoms with Crippen molar-refractivity contribution in [1.82, 2.24) is 25.1 Å². The maximum absolute atomic E-state index is 12.6. The van der Waals surface area contributed by atoms with Gasteiger partial charge in [0.15, 0.2) is 0 Å². The van der Waals surface area contributed by atoms with Crippen molar-refractivity contribution < 1.29 is 17.6 Å². The molecule has 3 heterocycles. The van der Waals surface area contributed by atoms with Crippen LogP contribution in [0, 0.1) is 0 Å². The lowest BCUT2D eigenvalue weighted by Crippen LogP contribution is -2.21. The van der Waals surface area contributed by atoms with E-state index in [0.29, 0.717) is 10.6 Å². The van der Waals surface area contributed by atoms with Crippen molar-refractivity contribution in [2.75, 3.05) is 5.84 Å².